The van der Waals surface area contributed by atoms with Crippen molar-refractivity contribution in [1.82, 2.24) is 14.8 Å². The molecule has 0 unspecified atom stereocenters. The van der Waals surface area contributed by atoms with Crippen LogP contribution in [0.2, 0.25) is 0 Å². The van der Waals surface area contributed by atoms with Crippen molar-refractivity contribution in [2.75, 3.05) is 11.9 Å². The van der Waals surface area contributed by atoms with E-state index in [1.54, 1.807) is 0 Å². The van der Waals surface area contributed by atoms with Crippen LogP contribution in [0, 0.1) is 0 Å². The lowest BCUT2D eigenvalue weighted by atomic mass is 9.92. The van der Waals surface area contributed by atoms with Crippen LogP contribution in [0.5, 0.6) is 5.75 Å². The van der Waals surface area contributed by atoms with Gasteiger partial charge in [-0.05, 0) is 82.7 Å². The number of rotatable bonds is 8. The summed E-state index contributed by atoms with van der Waals surface area (Å²) in [6.45, 7) is 6.26. The number of nitrogens with one attached hydrogen (secondary N) is 1. The van der Waals surface area contributed by atoms with E-state index in [-0.39, 0.29) is 6.10 Å². The first kappa shape index (κ1) is 23.6. The standard InChI is InChI=1S/C29H32N4O4/c1-4-35-22-14-15-23-24(16-22)33(21-6-5-7-21)26(25(23)28-32-31-27(37-28)19-8-9-19)18-10-12-20(13-11-18)30-29(34)36-17(2)3/h10-17,19,21H,4-9H2,1-3H3,(H,30,34). The minimum Gasteiger partial charge on any atom is -0.494 e. The predicted molar refractivity (Wildman–Crippen MR) is 142 cm³/mol. The van der Waals surface area contributed by atoms with Crippen molar-refractivity contribution in [2.24, 2.45) is 0 Å². The molecule has 8 heteroatoms. The third-order valence-electron chi connectivity index (χ3n) is 7.06. The van der Waals surface area contributed by atoms with E-state index in [1.165, 1.54) is 6.42 Å². The molecule has 0 spiro atoms. The van der Waals surface area contributed by atoms with Gasteiger partial charge in [-0.2, -0.15) is 0 Å². The highest BCUT2D eigenvalue weighted by atomic mass is 16.6. The Bertz CT molecular complexity index is 1430. The summed E-state index contributed by atoms with van der Waals surface area (Å²) in [6.07, 6.45) is 5.00. The van der Waals surface area contributed by atoms with Crippen LogP contribution in [0.1, 0.15) is 70.7 Å². The highest BCUT2D eigenvalue weighted by Crippen LogP contribution is 2.48. The molecule has 1 N–H and O–H groups in total. The molecular formula is C29H32N4O4. The second kappa shape index (κ2) is 9.57. The number of benzene rings is 2. The number of amides is 1. The Morgan fingerprint density at radius 2 is 1.89 bits per heavy atom. The Morgan fingerprint density at radius 3 is 2.54 bits per heavy atom. The number of hydrogen-bond acceptors (Lipinski definition) is 6. The van der Waals surface area contributed by atoms with Gasteiger partial charge in [0, 0.05) is 29.1 Å². The van der Waals surface area contributed by atoms with Gasteiger partial charge in [0.1, 0.15) is 5.75 Å². The number of ether oxygens (including phenoxy) is 2. The molecule has 0 aliphatic heterocycles. The van der Waals surface area contributed by atoms with E-state index >= 15 is 0 Å². The summed E-state index contributed by atoms with van der Waals surface area (Å²) in [6, 6.07) is 14.5. The molecule has 2 aromatic heterocycles. The van der Waals surface area contributed by atoms with Gasteiger partial charge < -0.3 is 18.5 Å². The molecule has 0 atom stereocenters. The molecule has 8 nitrogen and oxygen atoms in total. The van der Waals surface area contributed by atoms with Gasteiger partial charge in [0.15, 0.2) is 0 Å². The average Bonchev–Trinajstić information content (AvgIpc) is 3.49. The number of hydrogen-bond donors (Lipinski definition) is 1. The van der Waals surface area contributed by atoms with Crippen molar-refractivity contribution in [3.8, 4) is 28.5 Å². The summed E-state index contributed by atoms with van der Waals surface area (Å²) in [7, 11) is 0. The number of fused-ring (bicyclic) bond motifs is 1. The quantitative estimate of drug-likeness (QED) is 0.273. The fourth-order valence-corrected chi connectivity index (χ4v) is 4.97. The van der Waals surface area contributed by atoms with E-state index in [1.807, 2.05) is 51.1 Å². The van der Waals surface area contributed by atoms with Gasteiger partial charge in [-0.15, -0.1) is 10.2 Å². The van der Waals surface area contributed by atoms with Crippen molar-refractivity contribution in [3.05, 3.63) is 48.4 Å². The van der Waals surface area contributed by atoms with E-state index in [0.717, 1.165) is 65.0 Å². The van der Waals surface area contributed by atoms with Crippen LogP contribution in [0.15, 0.2) is 46.9 Å². The first-order valence-corrected chi connectivity index (χ1v) is 13.2. The summed E-state index contributed by atoms with van der Waals surface area (Å²) >= 11 is 0. The van der Waals surface area contributed by atoms with Crippen molar-refractivity contribution in [2.45, 2.75) is 70.9 Å². The molecule has 2 aliphatic rings. The molecule has 2 fully saturated rings. The van der Waals surface area contributed by atoms with Crippen molar-refractivity contribution in [3.63, 3.8) is 0 Å². The first-order valence-electron chi connectivity index (χ1n) is 13.2. The van der Waals surface area contributed by atoms with Gasteiger partial charge in [-0.25, -0.2) is 4.79 Å². The van der Waals surface area contributed by atoms with Gasteiger partial charge in [-0.3, -0.25) is 5.32 Å². The molecule has 2 heterocycles. The molecule has 2 saturated carbocycles. The van der Waals surface area contributed by atoms with Crippen LogP contribution < -0.4 is 10.1 Å². The van der Waals surface area contributed by atoms with E-state index in [9.17, 15) is 4.79 Å². The molecule has 37 heavy (non-hydrogen) atoms. The average molecular weight is 501 g/mol. The lowest BCUT2D eigenvalue weighted by Crippen LogP contribution is -2.18. The van der Waals surface area contributed by atoms with E-state index < -0.39 is 6.09 Å². The fraction of sp³-hybridized carbons (Fsp3) is 0.414. The van der Waals surface area contributed by atoms with Gasteiger partial charge in [-0.1, -0.05) is 12.1 Å². The minimum absolute atomic E-state index is 0.184. The third-order valence-corrected chi connectivity index (χ3v) is 7.06. The third kappa shape index (κ3) is 4.56. The maximum atomic E-state index is 12.1. The molecule has 1 amide bonds. The van der Waals surface area contributed by atoms with E-state index in [2.05, 4.69) is 32.2 Å². The molecule has 2 aromatic carbocycles. The molecule has 4 aromatic rings. The first-order chi connectivity index (χ1) is 18.0. The Balaban J connectivity index is 1.49. The molecule has 0 radical (unpaired) electrons. The maximum Gasteiger partial charge on any atom is 0.411 e. The smallest absolute Gasteiger partial charge is 0.411 e. The Hall–Kier alpha value is -3.81. The SMILES string of the molecule is CCOc1ccc2c(-c3nnc(C4CC4)o3)c(-c3ccc(NC(=O)OC(C)C)cc3)n(C3CCC3)c2c1. The monoisotopic (exact) mass is 500 g/mol. The summed E-state index contributed by atoms with van der Waals surface area (Å²) in [5.74, 6) is 2.50. The highest BCUT2D eigenvalue weighted by molar-refractivity contribution is 6.03. The predicted octanol–water partition coefficient (Wildman–Crippen LogP) is 7.32. The highest BCUT2D eigenvalue weighted by Gasteiger charge is 2.33. The van der Waals surface area contributed by atoms with Crippen LogP contribution >= 0.6 is 0 Å². The number of aromatic nitrogens is 3. The topological polar surface area (TPSA) is 91.4 Å². The second-order valence-electron chi connectivity index (χ2n) is 10.2. The van der Waals surface area contributed by atoms with Crippen molar-refractivity contribution < 1.29 is 18.7 Å². The van der Waals surface area contributed by atoms with Gasteiger partial charge >= 0.3 is 6.09 Å². The molecule has 0 bridgehead atoms. The fourth-order valence-electron chi connectivity index (χ4n) is 4.97. The maximum absolute atomic E-state index is 12.1. The number of carbonyl (C=O) groups is 1. The Morgan fingerprint density at radius 1 is 1.11 bits per heavy atom. The van der Waals surface area contributed by atoms with Crippen molar-refractivity contribution >= 4 is 22.7 Å². The zero-order valence-electron chi connectivity index (χ0n) is 21.5. The van der Waals surface area contributed by atoms with Crippen molar-refractivity contribution in [1.29, 1.82) is 0 Å². The normalized spacial score (nSPS) is 15.7. The summed E-state index contributed by atoms with van der Waals surface area (Å²) in [5, 5.41) is 12.8. The molecule has 192 valence electrons. The summed E-state index contributed by atoms with van der Waals surface area (Å²) < 4.78 is 19.8. The summed E-state index contributed by atoms with van der Waals surface area (Å²) in [4.78, 5) is 12.1. The number of anilines is 1. The van der Waals surface area contributed by atoms with Gasteiger partial charge in [0.05, 0.1) is 29.5 Å². The molecular weight excluding hydrogens is 468 g/mol. The van der Waals surface area contributed by atoms with E-state index in [4.69, 9.17) is 13.9 Å². The lowest BCUT2D eigenvalue weighted by molar-refractivity contribution is 0.130. The Labute approximate surface area is 216 Å². The lowest BCUT2D eigenvalue weighted by Gasteiger charge is -2.30. The zero-order valence-corrected chi connectivity index (χ0v) is 21.5. The van der Waals surface area contributed by atoms with Crippen LogP contribution in [-0.4, -0.2) is 33.6 Å². The largest absolute Gasteiger partial charge is 0.494 e. The van der Waals surface area contributed by atoms with Crippen LogP contribution in [0.4, 0.5) is 10.5 Å². The van der Waals surface area contributed by atoms with Crippen LogP contribution in [0.25, 0.3) is 33.6 Å². The molecule has 2 aliphatic carbocycles. The van der Waals surface area contributed by atoms with Crippen LogP contribution in [-0.2, 0) is 4.74 Å². The molecule has 0 saturated heterocycles. The number of carbonyl (C=O) groups excluding carboxylic acids is 1. The Kier molecular flexibility index (Phi) is 6.10. The zero-order chi connectivity index (χ0) is 25.5. The second-order valence-corrected chi connectivity index (χ2v) is 10.2. The molecule has 6 rings (SSSR count). The van der Waals surface area contributed by atoms with Gasteiger partial charge in [0.25, 0.3) is 5.89 Å². The van der Waals surface area contributed by atoms with Gasteiger partial charge in [0.2, 0.25) is 5.89 Å². The van der Waals surface area contributed by atoms with Crippen LogP contribution in [0.3, 0.4) is 0 Å². The van der Waals surface area contributed by atoms with E-state index in [0.29, 0.717) is 30.1 Å². The summed E-state index contributed by atoms with van der Waals surface area (Å²) in [5.41, 5.74) is 4.80. The number of nitrogens with zero attached hydrogens (tertiary/aromatic N) is 3. The minimum atomic E-state index is -0.464.